The molecule has 20 heavy (non-hydrogen) atoms. The maximum Gasteiger partial charge on any atom is 0.175 e. The number of nitrogens with zero attached hydrogens (tertiary/aromatic N) is 1. The van der Waals surface area contributed by atoms with E-state index in [1.807, 2.05) is 6.07 Å². The number of aromatic hydroxyl groups is 1. The van der Waals surface area contributed by atoms with Crippen LogP contribution < -0.4 is 0 Å². The van der Waals surface area contributed by atoms with Gasteiger partial charge in [-0.2, -0.15) is 5.26 Å². The molecule has 0 bridgehead atoms. The van der Waals surface area contributed by atoms with E-state index in [1.54, 1.807) is 12.1 Å². The SMILES string of the molecule is CS(=O)(=O)c1cccc(-c2cc(C#N)cc(Br)c2O)c1. The lowest BCUT2D eigenvalue weighted by molar-refractivity contribution is 0.474. The fourth-order valence-electron chi connectivity index (χ4n) is 1.78. The molecule has 0 heterocycles. The summed E-state index contributed by atoms with van der Waals surface area (Å²) in [7, 11) is -3.33. The van der Waals surface area contributed by atoms with E-state index in [2.05, 4.69) is 15.9 Å². The molecule has 0 saturated heterocycles. The normalized spacial score (nSPS) is 11.1. The van der Waals surface area contributed by atoms with E-state index >= 15 is 0 Å². The van der Waals surface area contributed by atoms with Crippen molar-refractivity contribution >= 4 is 25.8 Å². The van der Waals surface area contributed by atoms with Crippen LogP contribution in [0.4, 0.5) is 0 Å². The van der Waals surface area contributed by atoms with Crippen LogP contribution in [0.15, 0.2) is 45.8 Å². The van der Waals surface area contributed by atoms with Crippen LogP contribution >= 0.6 is 15.9 Å². The molecule has 2 aromatic carbocycles. The molecule has 6 heteroatoms. The molecule has 0 aliphatic rings. The van der Waals surface area contributed by atoms with Gasteiger partial charge in [-0.05, 0) is 45.8 Å². The largest absolute Gasteiger partial charge is 0.506 e. The highest BCUT2D eigenvalue weighted by Crippen LogP contribution is 2.37. The van der Waals surface area contributed by atoms with Crippen LogP contribution in [-0.2, 0) is 9.84 Å². The molecule has 0 saturated carbocycles. The van der Waals surface area contributed by atoms with Crippen LogP contribution in [0.3, 0.4) is 0 Å². The van der Waals surface area contributed by atoms with Crippen LogP contribution in [0.1, 0.15) is 5.56 Å². The molecule has 0 atom stereocenters. The number of phenols is 1. The molecule has 0 unspecified atom stereocenters. The van der Waals surface area contributed by atoms with Gasteiger partial charge in [-0.15, -0.1) is 0 Å². The molecule has 0 spiro atoms. The summed E-state index contributed by atoms with van der Waals surface area (Å²) in [5.74, 6) is -0.0327. The summed E-state index contributed by atoms with van der Waals surface area (Å²) in [6, 6.07) is 11.2. The van der Waals surface area contributed by atoms with Crippen LogP contribution in [0.5, 0.6) is 5.75 Å². The van der Waals surface area contributed by atoms with Gasteiger partial charge in [0.05, 0.1) is 21.0 Å². The Morgan fingerprint density at radius 1 is 1.25 bits per heavy atom. The number of phenolic OH excluding ortho intramolecular Hbond substituents is 1. The van der Waals surface area contributed by atoms with E-state index in [0.717, 1.165) is 6.26 Å². The molecule has 1 N–H and O–H groups in total. The molecule has 0 radical (unpaired) electrons. The van der Waals surface area contributed by atoms with Gasteiger partial charge in [-0.1, -0.05) is 12.1 Å². The minimum absolute atomic E-state index is 0.0327. The third kappa shape index (κ3) is 2.84. The summed E-state index contributed by atoms with van der Waals surface area (Å²) in [5.41, 5.74) is 1.30. The first-order valence-electron chi connectivity index (χ1n) is 5.56. The minimum Gasteiger partial charge on any atom is -0.506 e. The second kappa shape index (κ2) is 5.27. The standard InChI is InChI=1S/C14H10BrNO3S/c1-20(18,19)11-4-2-3-10(7-11)12-5-9(8-16)6-13(15)14(12)17/h2-7,17H,1H3. The number of sulfone groups is 1. The lowest BCUT2D eigenvalue weighted by atomic mass is 10.0. The molecule has 0 amide bonds. The van der Waals surface area contributed by atoms with Gasteiger partial charge < -0.3 is 5.11 Å². The van der Waals surface area contributed by atoms with E-state index in [1.165, 1.54) is 24.3 Å². The van der Waals surface area contributed by atoms with Crippen molar-refractivity contribution in [1.29, 1.82) is 5.26 Å². The zero-order chi connectivity index (χ0) is 14.9. The fourth-order valence-corrected chi connectivity index (χ4v) is 2.90. The van der Waals surface area contributed by atoms with Gasteiger partial charge in [0, 0.05) is 11.8 Å². The van der Waals surface area contributed by atoms with Crippen molar-refractivity contribution in [1.82, 2.24) is 0 Å². The number of benzene rings is 2. The molecule has 2 rings (SSSR count). The molecule has 2 aromatic rings. The molecular weight excluding hydrogens is 342 g/mol. The molecule has 0 aromatic heterocycles. The van der Waals surface area contributed by atoms with Crippen LogP contribution in [0, 0.1) is 11.3 Å². The number of nitriles is 1. The Hall–Kier alpha value is -1.84. The number of hydrogen-bond acceptors (Lipinski definition) is 4. The van der Waals surface area contributed by atoms with Crippen molar-refractivity contribution in [3.05, 3.63) is 46.4 Å². The second-order valence-electron chi connectivity index (χ2n) is 4.27. The lowest BCUT2D eigenvalue weighted by Gasteiger charge is -2.09. The van der Waals surface area contributed by atoms with Crippen molar-refractivity contribution in [3.63, 3.8) is 0 Å². The third-order valence-corrected chi connectivity index (χ3v) is 4.48. The quantitative estimate of drug-likeness (QED) is 0.901. The summed E-state index contributed by atoms with van der Waals surface area (Å²) in [6.07, 6.45) is 1.12. The van der Waals surface area contributed by atoms with Gasteiger partial charge in [0.15, 0.2) is 9.84 Å². The topological polar surface area (TPSA) is 78.2 Å². The van der Waals surface area contributed by atoms with Gasteiger partial charge in [-0.25, -0.2) is 8.42 Å². The van der Waals surface area contributed by atoms with Crippen molar-refractivity contribution in [2.24, 2.45) is 0 Å². The monoisotopic (exact) mass is 351 g/mol. The van der Waals surface area contributed by atoms with E-state index in [0.29, 0.717) is 21.2 Å². The highest BCUT2D eigenvalue weighted by atomic mass is 79.9. The predicted molar refractivity (Wildman–Crippen MR) is 79.1 cm³/mol. The number of rotatable bonds is 2. The van der Waals surface area contributed by atoms with Gasteiger partial charge in [0.2, 0.25) is 0 Å². The van der Waals surface area contributed by atoms with Gasteiger partial charge >= 0.3 is 0 Å². The molecule has 0 aliphatic carbocycles. The van der Waals surface area contributed by atoms with E-state index in [4.69, 9.17) is 5.26 Å². The van der Waals surface area contributed by atoms with Crippen LogP contribution in [0.25, 0.3) is 11.1 Å². The van der Waals surface area contributed by atoms with E-state index in [-0.39, 0.29) is 10.6 Å². The van der Waals surface area contributed by atoms with Gasteiger partial charge in [0.25, 0.3) is 0 Å². The first kappa shape index (κ1) is 14.6. The highest BCUT2D eigenvalue weighted by Gasteiger charge is 2.13. The Kier molecular flexibility index (Phi) is 3.84. The van der Waals surface area contributed by atoms with Crippen molar-refractivity contribution in [2.45, 2.75) is 4.90 Å². The average Bonchev–Trinajstić information content (AvgIpc) is 2.41. The number of halogens is 1. The summed E-state index contributed by atoms with van der Waals surface area (Å²) < 4.78 is 23.5. The lowest BCUT2D eigenvalue weighted by Crippen LogP contribution is -1.97. The van der Waals surface area contributed by atoms with Crippen molar-refractivity contribution in [2.75, 3.05) is 6.26 Å². The summed E-state index contributed by atoms with van der Waals surface area (Å²) in [4.78, 5) is 0.160. The number of hydrogen-bond donors (Lipinski definition) is 1. The van der Waals surface area contributed by atoms with E-state index in [9.17, 15) is 13.5 Å². The zero-order valence-corrected chi connectivity index (χ0v) is 12.9. The predicted octanol–water partition coefficient (Wildman–Crippen LogP) is 3.10. The Morgan fingerprint density at radius 2 is 1.95 bits per heavy atom. The summed E-state index contributed by atoms with van der Waals surface area (Å²) in [6.45, 7) is 0. The minimum atomic E-state index is -3.33. The maximum atomic E-state index is 11.6. The smallest absolute Gasteiger partial charge is 0.175 e. The molecule has 4 nitrogen and oxygen atoms in total. The molecular formula is C14H10BrNO3S. The first-order chi connectivity index (χ1) is 9.32. The molecule has 0 fully saturated rings. The zero-order valence-electron chi connectivity index (χ0n) is 10.5. The van der Waals surface area contributed by atoms with Crippen LogP contribution in [0.2, 0.25) is 0 Å². The van der Waals surface area contributed by atoms with Crippen molar-refractivity contribution < 1.29 is 13.5 Å². The van der Waals surface area contributed by atoms with E-state index < -0.39 is 9.84 Å². The molecule has 0 aliphatic heterocycles. The maximum absolute atomic E-state index is 11.6. The second-order valence-corrected chi connectivity index (χ2v) is 7.14. The highest BCUT2D eigenvalue weighted by molar-refractivity contribution is 9.10. The van der Waals surface area contributed by atoms with Gasteiger partial charge in [-0.3, -0.25) is 0 Å². The Morgan fingerprint density at radius 3 is 2.55 bits per heavy atom. The van der Waals surface area contributed by atoms with Crippen LogP contribution in [-0.4, -0.2) is 19.8 Å². The Balaban J connectivity index is 2.70. The summed E-state index contributed by atoms with van der Waals surface area (Å²) in [5, 5.41) is 19.0. The average molecular weight is 352 g/mol. The third-order valence-electron chi connectivity index (χ3n) is 2.77. The van der Waals surface area contributed by atoms with Crippen molar-refractivity contribution in [3.8, 4) is 22.9 Å². The van der Waals surface area contributed by atoms with Gasteiger partial charge in [0.1, 0.15) is 5.75 Å². The summed E-state index contributed by atoms with van der Waals surface area (Å²) >= 11 is 3.17. The first-order valence-corrected chi connectivity index (χ1v) is 8.24. The Labute approximate surface area is 125 Å². The molecule has 102 valence electrons. The Bertz CT molecular complexity index is 823. The fraction of sp³-hybridized carbons (Fsp3) is 0.0714.